The molecule has 0 saturated heterocycles. The SMILES string of the molecule is O=Cc1cc(-c2ccc(Cl)c(F)c2)ccc1OCc1ccccc1. The third kappa shape index (κ3) is 3.63. The molecule has 0 fully saturated rings. The van der Waals surface area contributed by atoms with Crippen LogP contribution >= 0.6 is 11.6 Å². The fourth-order valence-electron chi connectivity index (χ4n) is 2.36. The molecule has 4 heteroatoms. The summed E-state index contributed by atoms with van der Waals surface area (Å²) in [4.78, 5) is 11.4. The topological polar surface area (TPSA) is 26.3 Å². The third-order valence-corrected chi connectivity index (χ3v) is 3.93. The molecule has 0 spiro atoms. The van der Waals surface area contributed by atoms with Gasteiger partial charge in [-0.3, -0.25) is 4.79 Å². The van der Waals surface area contributed by atoms with Crippen LogP contribution < -0.4 is 4.74 Å². The van der Waals surface area contributed by atoms with Crippen molar-refractivity contribution in [1.29, 1.82) is 0 Å². The molecule has 0 heterocycles. The normalized spacial score (nSPS) is 10.4. The first kappa shape index (κ1) is 16.2. The number of hydrogen-bond donors (Lipinski definition) is 0. The average Bonchev–Trinajstić information content (AvgIpc) is 2.63. The van der Waals surface area contributed by atoms with Gasteiger partial charge in [-0.05, 0) is 41.0 Å². The van der Waals surface area contributed by atoms with Crippen LogP contribution in [0.4, 0.5) is 4.39 Å². The van der Waals surface area contributed by atoms with E-state index in [2.05, 4.69) is 0 Å². The molecule has 0 bridgehead atoms. The molecule has 0 aliphatic carbocycles. The molecule has 3 aromatic rings. The van der Waals surface area contributed by atoms with E-state index in [0.717, 1.165) is 17.4 Å². The molecule has 24 heavy (non-hydrogen) atoms. The van der Waals surface area contributed by atoms with Crippen LogP contribution in [-0.4, -0.2) is 6.29 Å². The Morgan fingerprint density at radius 1 is 0.958 bits per heavy atom. The lowest BCUT2D eigenvalue weighted by Crippen LogP contribution is -1.98. The summed E-state index contributed by atoms with van der Waals surface area (Å²) in [6.07, 6.45) is 0.732. The molecule has 3 rings (SSSR count). The van der Waals surface area contributed by atoms with Gasteiger partial charge in [-0.15, -0.1) is 0 Å². The van der Waals surface area contributed by atoms with Gasteiger partial charge in [0.25, 0.3) is 0 Å². The Morgan fingerprint density at radius 2 is 1.67 bits per heavy atom. The van der Waals surface area contributed by atoms with E-state index in [-0.39, 0.29) is 5.02 Å². The van der Waals surface area contributed by atoms with Gasteiger partial charge in [0.15, 0.2) is 6.29 Å². The van der Waals surface area contributed by atoms with Crippen LogP contribution in [0.25, 0.3) is 11.1 Å². The van der Waals surface area contributed by atoms with E-state index >= 15 is 0 Å². The van der Waals surface area contributed by atoms with Crippen LogP contribution in [0, 0.1) is 5.82 Å². The van der Waals surface area contributed by atoms with Gasteiger partial charge in [-0.2, -0.15) is 0 Å². The molecule has 0 aliphatic rings. The quantitative estimate of drug-likeness (QED) is 0.570. The van der Waals surface area contributed by atoms with Gasteiger partial charge in [0.1, 0.15) is 18.2 Å². The highest BCUT2D eigenvalue weighted by Gasteiger charge is 2.08. The molecule has 0 unspecified atom stereocenters. The summed E-state index contributed by atoms with van der Waals surface area (Å²) in [7, 11) is 0. The second-order valence-electron chi connectivity index (χ2n) is 5.27. The van der Waals surface area contributed by atoms with Crippen molar-refractivity contribution in [2.75, 3.05) is 0 Å². The lowest BCUT2D eigenvalue weighted by molar-refractivity contribution is 0.111. The summed E-state index contributed by atoms with van der Waals surface area (Å²) in [5.74, 6) is -0.00161. The second-order valence-corrected chi connectivity index (χ2v) is 5.68. The zero-order valence-corrected chi connectivity index (χ0v) is 13.5. The summed E-state index contributed by atoms with van der Waals surface area (Å²) in [6.45, 7) is 0.372. The van der Waals surface area contributed by atoms with Gasteiger partial charge >= 0.3 is 0 Å². The number of hydrogen-bond acceptors (Lipinski definition) is 2. The fraction of sp³-hybridized carbons (Fsp3) is 0.0500. The average molecular weight is 341 g/mol. The van der Waals surface area contributed by atoms with Crippen molar-refractivity contribution in [1.82, 2.24) is 0 Å². The van der Waals surface area contributed by atoms with E-state index in [0.29, 0.717) is 23.5 Å². The monoisotopic (exact) mass is 340 g/mol. The minimum Gasteiger partial charge on any atom is -0.488 e. The van der Waals surface area contributed by atoms with E-state index in [9.17, 15) is 9.18 Å². The van der Waals surface area contributed by atoms with Crippen LogP contribution in [-0.2, 0) is 6.61 Å². The molecule has 0 amide bonds. The maximum atomic E-state index is 13.6. The predicted molar refractivity (Wildman–Crippen MR) is 93.0 cm³/mol. The molecule has 0 atom stereocenters. The number of benzene rings is 3. The molecule has 2 nitrogen and oxygen atoms in total. The van der Waals surface area contributed by atoms with Gasteiger partial charge in [0.05, 0.1) is 10.6 Å². The Bertz CT molecular complexity index is 863. The maximum absolute atomic E-state index is 13.6. The molecule has 0 radical (unpaired) electrons. The van der Waals surface area contributed by atoms with Crippen LogP contribution in [0.2, 0.25) is 5.02 Å². The van der Waals surface area contributed by atoms with E-state index in [4.69, 9.17) is 16.3 Å². The zero-order valence-electron chi connectivity index (χ0n) is 12.7. The molecular formula is C20H14ClFO2. The molecule has 0 aromatic heterocycles. The Hall–Kier alpha value is -2.65. The minimum absolute atomic E-state index is 0.0668. The van der Waals surface area contributed by atoms with Crippen molar-refractivity contribution in [3.8, 4) is 16.9 Å². The van der Waals surface area contributed by atoms with E-state index in [1.165, 1.54) is 12.1 Å². The Morgan fingerprint density at radius 3 is 2.38 bits per heavy atom. The summed E-state index contributed by atoms with van der Waals surface area (Å²) >= 11 is 5.70. The minimum atomic E-state index is -0.494. The standard InChI is InChI=1S/C20H14ClFO2/c21-18-8-6-16(11-19(18)22)15-7-9-20(17(10-15)12-23)24-13-14-4-2-1-3-5-14/h1-12H,13H2. The van der Waals surface area contributed by atoms with Crippen molar-refractivity contribution in [3.05, 3.63) is 88.7 Å². The van der Waals surface area contributed by atoms with Gasteiger partial charge < -0.3 is 4.74 Å². The summed E-state index contributed by atoms with van der Waals surface area (Å²) in [5, 5.41) is 0.0668. The molecule has 120 valence electrons. The first-order chi connectivity index (χ1) is 11.7. The lowest BCUT2D eigenvalue weighted by atomic mass is 10.0. The highest BCUT2D eigenvalue weighted by molar-refractivity contribution is 6.30. The number of aldehydes is 1. The highest BCUT2D eigenvalue weighted by atomic mass is 35.5. The second kappa shape index (κ2) is 7.28. The van der Waals surface area contributed by atoms with Gasteiger partial charge in [0, 0.05) is 0 Å². The van der Waals surface area contributed by atoms with Crippen molar-refractivity contribution < 1.29 is 13.9 Å². The summed E-state index contributed by atoms with van der Waals surface area (Å²) in [5.41, 5.74) is 2.80. The number of carbonyl (C=O) groups is 1. The highest BCUT2D eigenvalue weighted by Crippen LogP contribution is 2.28. The van der Waals surface area contributed by atoms with Crippen molar-refractivity contribution in [2.24, 2.45) is 0 Å². The Balaban J connectivity index is 1.85. The number of rotatable bonds is 5. The van der Waals surface area contributed by atoms with Crippen molar-refractivity contribution in [3.63, 3.8) is 0 Å². The van der Waals surface area contributed by atoms with E-state index in [1.54, 1.807) is 24.3 Å². The molecule has 0 N–H and O–H groups in total. The largest absolute Gasteiger partial charge is 0.488 e. The first-order valence-corrected chi connectivity index (χ1v) is 7.76. The fourth-order valence-corrected chi connectivity index (χ4v) is 2.48. The zero-order chi connectivity index (χ0) is 16.9. The molecule has 0 saturated carbocycles. The van der Waals surface area contributed by atoms with Gasteiger partial charge in [-0.25, -0.2) is 4.39 Å². The summed E-state index contributed by atoms with van der Waals surface area (Å²) in [6, 6.07) is 19.4. The number of carbonyl (C=O) groups excluding carboxylic acids is 1. The van der Waals surface area contributed by atoms with E-state index < -0.39 is 5.82 Å². The summed E-state index contributed by atoms with van der Waals surface area (Å²) < 4.78 is 19.3. The van der Waals surface area contributed by atoms with Crippen LogP contribution in [0.1, 0.15) is 15.9 Å². The van der Waals surface area contributed by atoms with Gasteiger partial charge in [0.2, 0.25) is 0 Å². The van der Waals surface area contributed by atoms with Crippen LogP contribution in [0.15, 0.2) is 66.7 Å². The predicted octanol–water partition coefficient (Wildman–Crippen LogP) is 5.54. The lowest BCUT2D eigenvalue weighted by Gasteiger charge is -2.11. The Kier molecular flexibility index (Phi) is 4.92. The molecular weight excluding hydrogens is 327 g/mol. The van der Waals surface area contributed by atoms with Crippen LogP contribution in [0.3, 0.4) is 0 Å². The smallest absolute Gasteiger partial charge is 0.153 e. The van der Waals surface area contributed by atoms with E-state index in [1.807, 2.05) is 30.3 Å². The number of ether oxygens (including phenoxy) is 1. The molecule has 0 aliphatic heterocycles. The van der Waals surface area contributed by atoms with Crippen LogP contribution in [0.5, 0.6) is 5.75 Å². The third-order valence-electron chi connectivity index (χ3n) is 3.63. The van der Waals surface area contributed by atoms with Crippen molar-refractivity contribution in [2.45, 2.75) is 6.61 Å². The molecule has 3 aromatic carbocycles. The number of halogens is 2. The van der Waals surface area contributed by atoms with Gasteiger partial charge in [-0.1, -0.05) is 54.1 Å². The Labute approximate surface area is 144 Å². The maximum Gasteiger partial charge on any atom is 0.153 e. The van der Waals surface area contributed by atoms with Crippen molar-refractivity contribution >= 4 is 17.9 Å². The first-order valence-electron chi connectivity index (χ1n) is 7.39.